The molecular formula is C16H12N6O4S. The van der Waals surface area contributed by atoms with Crippen molar-refractivity contribution in [3.05, 3.63) is 51.0 Å². The predicted molar refractivity (Wildman–Crippen MR) is 97.7 cm³/mol. The molecule has 10 nitrogen and oxygen atoms in total. The summed E-state index contributed by atoms with van der Waals surface area (Å²) in [4.78, 5) is 23.2. The van der Waals surface area contributed by atoms with E-state index in [1.165, 1.54) is 23.5 Å². The number of aromatic nitrogens is 4. The van der Waals surface area contributed by atoms with Gasteiger partial charge in [-0.15, -0.1) is 16.4 Å². The SMILES string of the molecule is Cc1cc(-c2nnc(NC(=O)c3cc4cc([N+](=O)[O-])ccc4s3)o2)n(C)n1. The van der Waals surface area contributed by atoms with Crippen LogP contribution < -0.4 is 5.32 Å². The van der Waals surface area contributed by atoms with E-state index in [4.69, 9.17) is 4.42 Å². The Labute approximate surface area is 155 Å². The molecule has 1 aromatic carbocycles. The quantitative estimate of drug-likeness (QED) is 0.422. The Morgan fingerprint density at radius 1 is 1.30 bits per heavy atom. The summed E-state index contributed by atoms with van der Waals surface area (Å²) in [6.07, 6.45) is 0. The standard InChI is InChI=1S/C16H12N6O4S/c1-8-5-11(21(2)20-8)15-18-19-16(26-15)17-14(23)13-7-9-6-10(22(24)25)3-4-12(9)27-13/h3-7H,1-2H3,(H,17,19,23). The van der Waals surface area contributed by atoms with E-state index >= 15 is 0 Å². The molecule has 0 fully saturated rings. The van der Waals surface area contributed by atoms with Gasteiger partial charge in [0.1, 0.15) is 5.69 Å². The third kappa shape index (κ3) is 3.15. The normalized spacial score (nSPS) is 11.0. The number of nitrogens with one attached hydrogen (secondary N) is 1. The Morgan fingerprint density at radius 2 is 2.11 bits per heavy atom. The number of thiophene rings is 1. The van der Waals surface area contributed by atoms with Crippen molar-refractivity contribution in [1.82, 2.24) is 20.0 Å². The Morgan fingerprint density at radius 3 is 2.81 bits per heavy atom. The fourth-order valence-electron chi connectivity index (χ4n) is 2.60. The van der Waals surface area contributed by atoms with Crippen LogP contribution in [0.4, 0.5) is 11.7 Å². The zero-order chi connectivity index (χ0) is 19.1. The highest BCUT2D eigenvalue weighted by atomic mass is 32.1. The smallest absolute Gasteiger partial charge is 0.322 e. The molecule has 3 heterocycles. The largest absolute Gasteiger partial charge is 0.401 e. The van der Waals surface area contributed by atoms with Crippen LogP contribution in [0, 0.1) is 17.0 Å². The van der Waals surface area contributed by atoms with E-state index in [-0.39, 0.29) is 17.6 Å². The molecule has 4 rings (SSSR count). The lowest BCUT2D eigenvalue weighted by Crippen LogP contribution is -2.10. The molecule has 0 unspecified atom stereocenters. The lowest BCUT2D eigenvalue weighted by Gasteiger charge is -1.96. The van der Waals surface area contributed by atoms with Crippen LogP contribution in [0.5, 0.6) is 0 Å². The van der Waals surface area contributed by atoms with E-state index in [1.54, 1.807) is 29.9 Å². The monoisotopic (exact) mass is 384 g/mol. The number of rotatable bonds is 4. The molecule has 0 radical (unpaired) electrons. The van der Waals surface area contributed by atoms with Gasteiger partial charge in [0.2, 0.25) is 0 Å². The first-order valence-corrected chi connectivity index (χ1v) is 8.56. The van der Waals surface area contributed by atoms with E-state index in [9.17, 15) is 14.9 Å². The lowest BCUT2D eigenvalue weighted by atomic mass is 10.2. The summed E-state index contributed by atoms with van der Waals surface area (Å²) in [5.41, 5.74) is 1.41. The second-order valence-corrected chi connectivity index (χ2v) is 6.83. The van der Waals surface area contributed by atoms with Crippen molar-refractivity contribution >= 4 is 39.0 Å². The fraction of sp³-hybridized carbons (Fsp3) is 0.125. The number of carbonyl (C=O) groups is 1. The van der Waals surface area contributed by atoms with Crippen molar-refractivity contribution in [3.63, 3.8) is 0 Å². The molecule has 0 aliphatic carbocycles. The molecule has 0 aliphatic heterocycles. The molecule has 0 saturated heterocycles. The van der Waals surface area contributed by atoms with E-state index in [0.717, 1.165) is 10.4 Å². The molecular weight excluding hydrogens is 372 g/mol. The van der Waals surface area contributed by atoms with Gasteiger partial charge in [-0.05, 0) is 25.1 Å². The van der Waals surface area contributed by atoms with Crippen molar-refractivity contribution in [3.8, 4) is 11.6 Å². The van der Waals surface area contributed by atoms with Gasteiger partial charge in [-0.1, -0.05) is 5.10 Å². The second-order valence-electron chi connectivity index (χ2n) is 5.75. The van der Waals surface area contributed by atoms with E-state index in [2.05, 4.69) is 20.6 Å². The number of nitro benzene ring substituents is 1. The number of hydrogen-bond donors (Lipinski definition) is 1. The third-order valence-electron chi connectivity index (χ3n) is 3.80. The van der Waals surface area contributed by atoms with Gasteiger partial charge >= 0.3 is 6.01 Å². The number of amides is 1. The summed E-state index contributed by atoms with van der Waals surface area (Å²) in [6, 6.07) is 7.78. The molecule has 3 aromatic heterocycles. The number of carbonyl (C=O) groups excluding carboxylic acids is 1. The maximum atomic E-state index is 12.4. The molecule has 0 spiro atoms. The van der Waals surface area contributed by atoms with Crippen LogP contribution >= 0.6 is 11.3 Å². The molecule has 27 heavy (non-hydrogen) atoms. The number of hydrogen-bond acceptors (Lipinski definition) is 8. The van der Waals surface area contributed by atoms with E-state index < -0.39 is 10.8 Å². The summed E-state index contributed by atoms with van der Waals surface area (Å²) < 4.78 is 7.85. The topological polar surface area (TPSA) is 129 Å². The Bertz CT molecular complexity index is 1190. The molecule has 136 valence electrons. The minimum Gasteiger partial charge on any atom is -0.401 e. The van der Waals surface area contributed by atoms with Gasteiger partial charge in [-0.2, -0.15) is 5.10 Å². The maximum absolute atomic E-state index is 12.4. The number of fused-ring (bicyclic) bond motifs is 1. The van der Waals surface area contributed by atoms with Crippen LogP contribution in [0.2, 0.25) is 0 Å². The first-order valence-electron chi connectivity index (χ1n) is 7.74. The highest BCUT2D eigenvalue weighted by Crippen LogP contribution is 2.29. The second kappa shape index (κ2) is 6.29. The Balaban J connectivity index is 1.56. The number of aryl methyl sites for hydroxylation is 2. The summed E-state index contributed by atoms with van der Waals surface area (Å²) in [6.45, 7) is 1.84. The fourth-order valence-corrected chi connectivity index (χ4v) is 3.54. The van der Waals surface area contributed by atoms with Crippen molar-refractivity contribution in [1.29, 1.82) is 0 Å². The van der Waals surface area contributed by atoms with Crippen LogP contribution in [-0.4, -0.2) is 30.8 Å². The minimum absolute atomic E-state index is 0.0275. The molecule has 11 heteroatoms. The number of non-ortho nitro benzene ring substituents is 1. The Hall–Kier alpha value is -3.60. The van der Waals surface area contributed by atoms with Gasteiger partial charge in [0.05, 0.1) is 15.5 Å². The van der Waals surface area contributed by atoms with Gasteiger partial charge in [0, 0.05) is 29.3 Å². The van der Waals surface area contributed by atoms with Crippen molar-refractivity contribution in [2.75, 3.05) is 5.32 Å². The molecule has 1 amide bonds. The van der Waals surface area contributed by atoms with Crippen LogP contribution in [0.3, 0.4) is 0 Å². The van der Waals surface area contributed by atoms with Crippen LogP contribution in [-0.2, 0) is 7.05 Å². The zero-order valence-electron chi connectivity index (χ0n) is 14.2. The minimum atomic E-state index is -0.475. The summed E-state index contributed by atoms with van der Waals surface area (Å²) in [5, 5.41) is 26.0. The zero-order valence-corrected chi connectivity index (χ0v) is 15.0. The van der Waals surface area contributed by atoms with Gasteiger partial charge in [0.15, 0.2) is 0 Å². The molecule has 0 bridgehead atoms. The van der Waals surface area contributed by atoms with Crippen LogP contribution in [0.25, 0.3) is 21.7 Å². The number of anilines is 1. The average molecular weight is 384 g/mol. The summed E-state index contributed by atoms with van der Waals surface area (Å²) >= 11 is 1.22. The van der Waals surface area contributed by atoms with Crippen LogP contribution in [0.1, 0.15) is 15.4 Å². The third-order valence-corrected chi connectivity index (χ3v) is 4.92. The summed E-state index contributed by atoms with van der Waals surface area (Å²) in [5.74, 6) is -0.199. The maximum Gasteiger partial charge on any atom is 0.322 e. The molecule has 0 saturated carbocycles. The molecule has 1 N–H and O–H groups in total. The van der Waals surface area contributed by atoms with Crippen LogP contribution in [0.15, 0.2) is 34.7 Å². The van der Waals surface area contributed by atoms with Crippen molar-refractivity contribution in [2.24, 2.45) is 7.05 Å². The Kier molecular flexibility index (Phi) is 3.92. The van der Waals surface area contributed by atoms with Gasteiger partial charge in [-0.3, -0.25) is 24.9 Å². The lowest BCUT2D eigenvalue weighted by molar-refractivity contribution is -0.384. The molecule has 4 aromatic rings. The number of nitro groups is 1. The van der Waals surface area contributed by atoms with Gasteiger partial charge in [0.25, 0.3) is 17.5 Å². The highest BCUT2D eigenvalue weighted by molar-refractivity contribution is 7.20. The highest BCUT2D eigenvalue weighted by Gasteiger charge is 2.18. The molecule has 0 atom stereocenters. The predicted octanol–water partition coefficient (Wildman–Crippen LogP) is 3.15. The summed E-state index contributed by atoms with van der Waals surface area (Å²) in [7, 11) is 1.75. The number of nitrogens with zero attached hydrogens (tertiary/aromatic N) is 5. The average Bonchev–Trinajstić information content (AvgIpc) is 3.32. The van der Waals surface area contributed by atoms with Crippen molar-refractivity contribution < 1.29 is 14.1 Å². The van der Waals surface area contributed by atoms with Crippen molar-refractivity contribution in [2.45, 2.75) is 6.92 Å². The molecule has 0 aliphatic rings. The number of benzene rings is 1. The van der Waals surface area contributed by atoms with Gasteiger partial charge < -0.3 is 4.42 Å². The first kappa shape index (κ1) is 16.8. The van der Waals surface area contributed by atoms with E-state index in [0.29, 0.717) is 16.0 Å². The van der Waals surface area contributed by atoms with Gasteiger partial charge in [-0.25, -0.2) is 0 Å². The van der Waals surface area contributed by atoms with E-state index in [1.807, 2.05) is 6.92 Å². The first-order chi connectivity index (χ1) is 12.9.